The molecular formula is C19H29BrF3N3O. The number of aliphatic hydroxyl groups is 1. The lowest BCUT2D eigenvalue weighted by Crippen LogP contribution is -2.11. The molecule has 0 unspecified atom stereocenters. The second-order valence-electron chi connectivity index (χ2n) is 5.78. The fourth-order valence-corrected chi connectivity index (χ4v) is 2.85. The average molecular weight is 452 g/mol. The van der Waals surface area contributed by atoms with Gasteiger partial charge in [-0.15, -0.1) is 0 Å². The Morgan fingerprint density at radius 3 is 2.19 bits per heavy atom. The first-order valence-corrected chi connectivity index (χ1v) is 9.53. The quantitative estimate of drug-likeness (QED) is 0.592. The Morgan fingerprint density at radius 1 is 1.19 bits per heavy atom. The summed E-state index contributed by atoms with van der Waals surface area (Å²) >= 11 is 3.43. The molecule has 0 bridgehead atoms. The number of halogens is 4. The normalized spacial score (nSPS) is 10.4. The monoisotopic (exact) mass is 451 g/mol. The summed E-state index contributed by atoms with van der Waals surface area (Å²) in [6.07, 6.45) is -0.322. The smallest absolute Gasteiger partial charge is 0.400 e. The summed E-state index contributed by atoms with van der Waals surface area (Å²) in [6, 6.07) is 6.75. The lowest BCUT2D eigenvalue weighted by atomic mass is 10.1. The summed E-state index contributed by atoms with van der Waals surface area (Å²) in [5, 5.41) is 13.7. The molecule has 27 heavy (non-hydrogen) atoms. The third-order valence-corrected chi connectivity index (χ3v) is 4.42. The molecule has 0 radical (unpaired) electrons. The summed E-state index contributed by atoms with van der Waals surface area (Å²) in [4.78, 5) is 0. The van der Waals surface area contributed by atoms with E-state index in [0.29, 0.717) is 6.54 Å². The molecule has 1 aromatic heterocycles. The Bertz CT molecular complexity index is 650. The maximum atomic E-state index is 12.7. The molecule has 0 aliphatic rings. The van der Waals surface area contributed by atoms with Gasteiger partial charge in [-0.05, 0) is 24.1 Å². The summed E-state index contributed by atoms with van der Waals surface area (Å²) in [6.45, 7) is 6.77. The summed E-state index contributed by atoms with van der Waals surface area (Å²) < 4.78 is 39.7. The minimum atomic E-state index is -4.40. The van der Waals surface area contributed by atoms with Gasteiger partial charge < -0.3 is 10.4 Å². The van der Waals surface area contributed by atoms with Crippen molar-refractivity contribution in [2.45, 2.75) is 52.8 Å². The number of hydrogen-bond donors (Lipinski definition) is 2. The number of hydrogen-bond acceptors (Lipinski definition) is 3. The standard InChI is InChI=1S/C13H13BrF3N3.C5H12.CH4O/c1-8-4-3-5-10(14)9(8)7-18-12-6-11(13(15,16)17)20(2)19-12;1-3-5-4-2;1-2/h3-6H,7H2,1-2H3,(H,18,19);3-5H2,1-2H3;2H,1H3. The predicted molar refractivity (Wildman–Crippen MR) is 108 cm³/mol. The van der Waals surface area contributed by atoms with Gasteiger partial charge in [0, 0.05) is 31.2 Å². The fraction of sp³-hybridized carbons (Fsp3) is 0.526. The first kappa shape index (κ1) is 25.5. The van der Waals surface area contributed by atoms with Crippen LogP contribution in [0.4, 0.5) is 19.0 Å². The molecule has 4 nitrogen and oxygen atoms in total. The zero-order valence-electron chi connectivity index (χ0n) is 16.5. The Morgan fingerprint density at radius 2 is 1.78 bits per heavy atom. The maximum absolute atomic E-state index is 12.7. The minimum Gasteiger partial charge on any atom is -0.400 e. The van der Waals surface area contributed by atoms with Gasteiger partial charge in [0.05, 0.1) is 0 Å². The maximum Gasteiger partial charge on any atom is 0.433 e. The first-order chi connectivity index (χ1) is 12.7. The third kappa shape index (κ3) is 8.79. The van der Waals surface area contributed by atoms with Crippen LogP contribution in [-0.4, -0.2) is 22.0 Å². The molecular weight excluding hydrogens is 423 g/mol. The number of nitrogens with zero attached hydrogens (tertiary/aromatic N) is 2. The highest BCUT2D eigenvalue weighted by Crippen LogP contribution is 2.30. The third-order valence-electron chi connectivity index (χ3n) is 3.68. The van der Waals surface area contributed by atoms with Crippen LogP contribution >= 0.6 is 15.9 Å². The van der Waals surface area contributed by atoms with Gasteiger partial charge in [-0.3, -0.25) is 4.68 Å². The van der Waals surface area contributed by atoms with Gasteiger partial charge in [-0.25, -0.2) is 0 Å². The van der Waals surface area contributed by atoms with E-state index in [0.717, 1.165) is 33.5 Å². The first-order valence-electron chi connectivity index (χ1n) is 8.74. The average Bonchev–Trinajstić information content (AvgIpc) is 2.99. The van der Waals surface area contributed by atoms with Crippen molar-refractivity contribution >= 4 is 21.7 Å². The highest BCUT2D eigenvalue weighted by Gasteiger charge is 2.34. The van der Waals surface area contributed by atoms with Gasteiger partial charge in [0.15, 0.2) is 0 Å². The molecule has 0 aliphatic heterocycles. The number of anilines is 1. The summed E-state index contributed by atoms with van der Waals surface area (Å²) in [5.74, 6) is 0.204. The summed E-state index contributed by atoms with van der Waals surface area (Å²) in [5.41, 5.74) is 1.27. The molecule has 0 atom stereocenters. The van der Waals surface area contributed by atoms with Gasteiger partial charge in [0.25, 0.3) is 0 Å². The van der Waals surface area contributed by atoms with Gasteiger partial charge in [0.1, 0.15) is 11.5 Å². The van der Waals surface area contributed by atoms with Crippen molar-refractivity contribution < 1.29 is 18.3 Å². The van der Waals surface area contributed by atoms with Gasteiger partial charge in [-0.2, -0.15) is 18.3 Å². The zero-order valence-corrected chi connectivity index (χ0v) is 18.1. The molecule has 154 valence electrons. The minimum absolute atomic E-state index is 0.204. The highest BCUT2D eigenvalue weighted by atomic mass is 79.9. The van der Waals surface area contributed by atoms with E-state index in [1.54, 1.807) is 0 Å². The van der Waals surface area contributed by atoms with Crippen molar-refractivity contribution in [3.8, 4) is 0 Å². The molecule has 0 fully saturated rings. The fourth-order valence-electron chi connectivity index (χ4n) is 2.24. The second-order valence-corrected chi connectivity index (χ2v) is 6.63. The van der Waals surface area contributed by atoms with Crippen molar-refractivity contribution in [2.75, 3.05) is 12.4 Å². The van der Waals surface area contributed by atoms with Crippen LogP contribution in [0.5, 0.6) is 0 Å². The molecule has 2 aromatic rings. The number of aromatic nitrogens is 2. The van der Waals surface area contributed by atoms with E-state index in [9.17, 15) is 13.2 Å². The number of aliphatic hydroxyl groups excluding tert-OH is 1. The van der Waals surface area contributed by atoms with E-state index in [2.05, 4.69) is 40.2 Å². The molecule has 0 amide bonds. The van der Waals surface area contributed by atoms with E-state index in [4.69, 9.17) is 5.11 Å². The highest BCUT2D eigenvalue weighted by molar-refractivity contribution is 9.10. The molecule has 1 aromatic carbocycles. The van der Waals surface area contributed by atoms with Crippen molar-refractivity contribution in [1.82, 2.24) is 9.78 Å². The van der Waals surface area contributed by atoms with Crippen LogP contribution in [0.1, 0.15) is 49.9 Å². The number of rotatable bonds is 5. The number of nitrogens with one attached hydrogen (secondary N) is 1. The Hall–Kier alpha value is -1.54. The lowest BCUT2D eigenvalue weighted by molar-refractivity contribution is -0.143. The summed E-state index contributed by atoms with van der Waals surface area (Å²) in [7, 11) is 2.28. The van der Waals surface area contributed by atoms with Crippen molar-refractivity contribution in [2.24, 2.45) is 7.05 Å². The van der Waals surface area contributed by atoms with Crippen LogP contribution in [0.15, 0.2) is 28.7 Å². The molecule has 0 spiro atoms. The number of benzene rings is 1. The Labute approximate surface area is 167 Å². The predicted octanol–water partition coefficient (Wildman–Crippen LogP) is 5.93. The second kappa shape index (κ2) is 12.8. The zero-order chi connectivity index (χ0) is 21.0. The Kier molecular flexibility index (Phi) is 12.0. The largest absolute Gasteiger partial charge is 0.433 e. The van der Waals surface area contributed by atoms with Crippen molar-refractivity contribution in [3.63, 3.8) is 0 Å². The van der Waals surface area contributed by atoms with E-state index in [1.165, 1.54) is 26.3 Å². The number of aryl methyl sites for hydroxylation is 2. The van der Waals surface area contributed by atoms with E-state index < -0.39 is 11.9 Å². The number of unbranched alkanes of at least 4 members (excludes halogenated alkanes) is 2. The lowest BCUT2D eigenvalue weighted by Gasteiger charge is -2.09. The molecule has 1 heterocycles. The SMILES string of the molecule is CCCCC.CO.Cc1cccc(Br)c1CNc1cc(C(F)(F)F)n(C)n1. The van der Waals surface area contributed by atoms with E-state index in [1.807, 2.05) is 25.1 Å². The van der Waals surface area contributed by atoms with Crippen molar-refractivity contribution in [1.29, 1.82) is 0 Å². The molecule has 8 heteroatoms. The molecule has 0 saturated heterocycles. The van der Waals surface area contributed by atoms with E-state index >= 15 is 0 Å². The van der Waals surface area contributed by atoms with Crippen LogP contribution in [0, 0.1) is 6.92 Å². The molecule has 2 rings (SSSR count). The van der Waals surface area contributed by atoms with Crippen LogP contribution in [-0.2, 0) is 19.8 Å². The number of alkyl halides is 3. The molecule has 0 aliphatic carbocycles. The van der Waals surface area contributed by atoms with Gasteiger partial charge in [0.2, 0.25) is 0 Å². The van der Waals surface area contributed by atoms with Gasteiger partial charge >= 0.3 is 6.18 Å². The van der Waals surface area contributed by atoms with Crippen LogP contribution < -0.4 is 5.32 Å². The molecule has 2 N–H and O–H groups in total. The topological polar surface area (TPSA) is 50.1 Å². The van der Waals surface area contributed by atoms with Crippen LogP contribution in [0.3, 0.4) is 0 Å². The van der Waals surface area contributed by atoms with Crippen LogP contribution in [0.25, 0.3) is 0 Å². The molecule has 0 saturated carbocycles. The van der Waals surface area contributed by atoms with Gasteiger partial charge in [-0.1, -0.05) is 61.2 Å². The van der Waals surface area contributed by atoms with Crippen LogP contribution in [0.2, 0.25) is 0 Å². The van der Waals surface area contributed by atoms with Crippen molar-refractivity contribution in [3.05, 3.63) is 45.6 Å². The Balaban J connectivity index is 0.000000838. The van der Waals surface area contributed by atoms with E-state index in [-0.39, 0.29) is 5.82 Å².